The van der Waals surface area contributed by atoms with Crippen molar-refractivity contribution in [3.63, 3.8) is 0 Å². The molecule has 7 heteroatoms. The van der Waals surface area contributed by atoms with E-state index in [2.05, 4.69) is 4.72 Å². The van der Waals surface area contributed by atoms with Crippen molar-refractivity contribution in [2.75, 3.05) is 19.0 Å². The predicted octanol–water partition coefficient (Wildman–Crippen LogP) is 0.196. The summed E-state index contributed by atoms with van der Waals surface area (Å²) in [5, 5.41) is 8.43. The van der Waals surface area contributed by atoms with Crippen molar-refractivity contribution in [3.05, 3.63) is 0 Å². The number of sulfonamides is 1. The first-order chi connectivity index (χ1) is 7.91. The molecule has 1 heterocycles. The summed E-state index contributed by atoms with van der Waals surface area (Å²) in [7, 11) is -3.38. The third-order valence-electron chi connectivity index (χ3n) is 2.84. The van der Waals surface area contributed by atoms with Crippen molar-refractivity contribution >= 4 is 16.0 Å². The highest BCUT2D eigenvalue weighted by Crippen LogP contribution is 2.17. The zero-order valence-electron chi connectivity index (χ0n) is 9.89. The first-order valence-electron chi connectivity index (χ1n) is 5.70. The summed E-state index contributed by atoms with van der Waals surface area (Å²) >= 11 is 0. The van der Waals surface area contributed by atoms with Crippen LogP contribution in [0.2, 0.25) is 0 Å². The monoisotopic (exact) mass is 265 g/mol. The molecule has 1 aliphatic heterocycles. The molecule has 2 N–H and O–H groups in total. The van der Waals surface area contributed by atoms with Gasteiger partial charge in [-0.3, -0.25) is 4.79 Å². The van der Waals surface area contributed by atoms with Crippen LogP contribution in [0.15, 0.2) is 0 Å². The maximum Gasteiger partial charge on any atom is 0.303 e. The van der Waals surface area contributed by atoms with Crippen LogP contribution < -0.4 is 4.72 Å². The van der Waals surface area contributed by atoms with Gasteiger partial charge < -0.3 is 9.84 Å². The van der Waals surface area contributed by atoms with E-state index in [1.807, 2.05) is 6.92 Å². The number of carbonyl (C=O) groups is 1. The number of carboxylic acid groups (broad SMARTS) is 1. The van der Waals surface area contributed by atoms with Crippen LogP contribution in [-0.4, -0.2) is 44.5 Å². The van der Waals surface area contributed by atoms with Crippen LogP contribution in [0.25, 0.3) is 0 Å². The first-order valence-corrected chi connectivity index (χ1v) is 7.35. The van der Waals surface area contributed by atoms with Gasteiger partial charge >= 0.3 is 5.97 Å². The van der Waals surface area contributed by atoms with Crippen LogP contribution in [-0.2, 0) is 19.6 Å². The van der Waals surface area contributed by atoms with Crippen molar-refractivity contribution in [2.45, 2.75) is 32.2 Å². The molecule has 1 aliphatic rings. The molecular weight excluding hydrogens is 246 g/mol. The Bertz CT molecular complexity index is 348. The van der Waals surface area contributed by atoms with Gasteiger partial charge in [-0.05, 0) is 19.8 Å². The number of ether oxygens (including phenoxy) is 1. The fourth-order valence-corrected chi connectivity index (χ4v) is 3.20. The molecule has 100 valence electrons. The first kappa shape index (κ1) is 14.4. The summed E-state index contributed by atoms with van der Waals surface area (Å²) in [4.78, 5) is 10.3. The number of hydrogen-bond donors (Lipinski definition) is 2. The lowest BCUT2D eigenvalue weighted by Gasteiger charge is -2.18. The molecular formula is C10H19NO5S. The summed E-state index contributed by atoms with van der Waals surface area (Å²) < 4.78 is 31.0. The second kappa shape index (κ2) is 6.32. The minimum Gasteiger partial charge on any atom is -0.481 e. The van der Waals surface area contributed by atoms with E-state index in [0.29, 0.717) is 13.2 Å². The summed E-state index contributed by atoms with van der Waals surface area (Å²) in [6.45, 7) is 3.07. The molecule has 0 amide bonds. The van der Waals surface area contributed by atoms with Gasteiger partial charge in [0, 0.05) is 25.0 Å². The van der Waals surface area contributed by atoms with Crippen molar-refractivity contribution in [2.24, 2.45) is 5.92 Å². The van der Waals surface area contributed by atoms with Gasteiger partial charge in [0.25, 0.3) is 0 Å². The Hall–Kier alpha value is -0.660. The highest BCUT2D eigenvalue weighted by molar-refractivity contribution is 7.89. The Balaban J connectivity index is 2.34. The second-order valence-electron chi connectivity index (χ2n) is 4.35. The summed E-state index contributed by atoms with van der Waals surface area (Å²) in [6, 6.07) is -0.160. The molecule has 1 rings (SSSR count). The number of hydrogen-bond acceptors (Lipinski definition) is 4. The molecule has 2 unspecified atom stereocenters. The second-order valence-corrected chi connectivity index (χ2v) is 6.22. The average Bonchev–Trinajstić information content (AvgIpc) is 2.68. The third kappa shape index (κ3) is 5.47. The molecule has 1 saturated heterocycles. The molecule has 2 atom stereocenters. The molecule has 0 spiro atoms. The van der Waals surface area contributed by atoms with E-state index in [9.17, 15) is 13.2 Å². The minimum atomic E-state index is -3.38. The van der Waals surface area contributed by atoms with E-state index in [-0.39, 0.29) is 30.6 Å². The fraction of sp³-hybridized carbons (Fsp3) is 0.900. The Labute approximate surface area is 101 Å². The lowest BCUT2D eigenvalue weighted by atomic mass is 10.0. The van der Waals surface area contributed by atoms with E-state index in [1.165, 1.54) is 0 Å². The molecule has 0 aliphatic carbocycles. The zero-order valence-corrected chi connectivity index (χ0v) is 10.7. The largest absolute Gasteiger partial charge is 0.481 e. The van der Waals surface area contributed by atoms with E-state index in [1.54, 1.807) is 0 Å². The molecule has 6 nitrogen and oxygen atoms in total. The smallest absolute Gasteiger partial charge is 0.303 e. The lowest BCUT2D eigenvalue weighted by molar-refractivity contribution is -0.137. The van der Waals surface area contributed by atoms with Crippen LogP contribution >= 0.6 is 0 Å². The summed E-state index contributed by atoms with van der Waals surface area (Å²) in [6.07, 6.45) is 0.874. The standard InChI is InChI=1S/C10H19NO5S/c1-8(9-4-5-16-7-9)11-17(14,15)6-2-3-10(12)13/h8-9,11H,2-7H2,1H3,(H,12,13). The van der Waals surface area contributed by atoms with Crippen LogP contribution in [0, 0.1) is 5.92 Å². The van der Waals surface area contributed by atoms with E-state index in [4.69, 9.17) is 9.84 Å². The Morgan fingerprint density at radius 2 is 2.29 bits per heavy atom. The number of rotatable bonds is 7. The van der Waals surface area contributed by atoms with Gasteiger partial charge in [-0.25, -0.2) is 13.1 Å². The van der Waals surface area contributed by atoms with Gasteiger partial charge in [0.2, 0.25) is 10.0 Å². The van der Waals surface area contributed by atoms with Gasteiger partial charge in [0.05, 0.1) is 12.4 Å². The Morgan fingerprint density at radius 3 is 2.82 bits per heavy atom. The fourth-order valence-electron chi connectivity index (χ4n) is 1.80. The normalized spacial score (nSPS) is 22.5. The highest BCUT2D eigenvalue weighted by atomic mass is 32.2. The third-order valence-corrected chi connectivity index (χ3v) is 4.40. The molecule has 0 bridgehead atoms. The molecule has 0 aromatic carbocycles. The summed E-state index contributed by atoms with van der Waals surface area (Å²) in [5.74, 6) is -0.904. The molecule has 0 aromatic heterocycles. The Kier molecular flexibility index (Phi) is 5.35. The van der Waals surface area contributed by atoms with Crippen LogP contribution in [0.3, 0.4) is 0 Å². The molecule has 17 heavy (non-hydrogen) atoms. The highest BCUT2D eigenvalue weighted by Gasteiger charge is 2.25. The van der Waals surface area contributed by atoms with E-state index in [0.717, 1.165) is 6.42 Å². The predicted molar refractivity (Wildman–Crippen MR) is 62.2 cm³/mol. The van der Waals surface area contributed by atoms with Crippen molar-refractivity contribution in [3.8, 4) is 0 Å². The van der Waals surface area contributed by atoms with Gasteiger partial charge in [-0.2, -0.15) is 0 Å². The van der Waals surface area contributed by atoms with Gasteiger partial charge in [-0.15, -0.1) is 0 Å². The molecule has 0 radical (unpaired) electrons. The number of aliphatic carboxylic acids is 1. The van der Waals surface area contributed by atoms with E-state index < -0.39 is 16.0 Å². The van der Waals surface area contributed by atoms with E-state index >= 15 is 0 Å². The SMILES string of the molecule is CC(NS(=O)(=O)CCCC(=O)O)C1CCOC1. The van der Waals surface area contributed by atoms with Gasteiger partial charge in [0.1, 0.15) is 0 Å². The number of carboxylic acids is 1. The quantitative estimate of drug-likeness (QED) is 0.685. The average molecular weight is 265 g/mol. The molecule has 1 fully saturated rings. The molecule has 0 saturated carbocycles. The zero-order chi connectivity index (χ0) is 12.9. The molecule has 0 aromatic rings. The van der Waals surface area contributed by atoms with Gasteiger partial charge in [-0.1, -0.05) is 0 Å². The minimum absolute atomic E-state index is 0.123. The van der Waals surface area contributed by atoms with Crippen molar-refractivity contribution in [1.29, 1.82) is 0 Å². The topological polar surface area (TPSA) is 92.7 Å². The van der Waals surface area contributed by atoms with Crippen molar-refractivity contribution < 1.29 is 23.1 Å². The van der Waals surface area contributed by atoms with Crippen LogP contribution in [0.5, 0.6) is 0 Å². The van der Waals surface area contributed by atoms with Crippen molar-refractivity contribution in [1.82, 2.24) is 4.72 Å². The van der Waals surface area contributed by atoms with Crippen LogP contribution in [0.1, 0.15) is 26.2 Å². The maximum absolute atomic E-state index is 11.6. The van der Waals surface area contributed by atoms with Crippen LogP contribution in [0.4, 0.5) is 0 Å². The summed E-state index contributed by atoms with van der Waals surface area (Å²) in [5.41, 5.74) is 0. The maximum atomic E-state index is 11.6. The Morgan fingerprint density at radius 1 is 1.59 bits per heavy atom. The number of nitrogens with one attached hydrogen (secondary N) is 1. The van der Waals surface area contributed by atoms with Gasteiger partial charge in [0.15, 0.2) is 0 Å². The lowest BCUT2D eigenvalue weighted by Crippen LogP contribution is -2.39.